The molecule has 1 N–H and O–H groups in total. The maximum absolute atomic E-state index is 12.1. The maximum Gasteiger partial charge on any atom is 0.328 e. The van der Waals surface area contributed by atoms with E-state index in [0.29, 0.717) is 12.5 Å². The van der Waals surface area contributed by atoms with Gasteiger partial charge in [0.25, 0.3) is 0 Å². The molecular weight excluding hydrogens is 353 g/mol. The van der Waals surface area contributed by atoms with E-state index in [0.717, 1.165) is 12.1 Å². The highest BCUT2D eigenvalue weighted by atomic mass is 127. The van der Waals surface area contributed by atoms with Gasteiger partial charge in [-0.05, 0) is 59.7 Å². The molecule has 0 bridgehead atoms. The minimum Gasteiger partial charge on any atom is -0.464 e. The summed E-state index contributed by atoms with van der Waals surface area (Å²) in [7, 11) is 0. The SMILES string of the molecule is CCOC(=O)[C@@H]1Nc2ccc(I)cc2[C@@H]2C=CC[C@H]12. The van der Waals surface area contributed by atoms with E-state index in [1.54, 1.807) is 0 Å². The predicted molar refractivity (Wildman–Crippen MR) is 83.2 cm³/mol. The van der Waals surface area contributed by atoms with Crippen LogP contribution in [-0.4, -0.2) is 18.6 Å². The van der Waals surface area contributed by atoms with Crippen LogP contribution in [0.15, 0.2) is 30.4 Å². The standard InChI is InChI=1S/C15H16INO2/c1-2-19-15(18)14-11-5-3-4-10(11)12-8-9(16)6-7-13(12)17-14/h3-4,6-8,10-11,14,17H,2,5H2,1H3/t10-,11+,14-/m1/s1. The van der Waals surface area contributed by atoms with Crippen LogP contribution in [0.3, 0.4) is 0 Å². The molecule has 3 rings (SSSR count). The molecule has 4 heteroatoms. The van der Waals surface area contributed by atoms with Crippen LogP contribution in [0.25, 0.3) is 0 Å². The third-order valence-electron chi connectivity index (χ3n) is 3.87. The summed E-state index contributed by atoms with van der Waals surface area (Å²) in [6.45, 7) is 2.28. The molecule has 1 aromatic carbocycles. The number of hydrogen-bond donors (Lipinski definition) is 1. The topological polar surface area (TPSA) is 38.3 Å². The summed E-state index contributed by atoms with van der Waals surface area (Å²) < 4.78 is 6.43. The first-order valence-electron chi connectivity index (χ1n) is 6.60. The largest absolute Gasteiger partial charge is 0.464 e. The highest BCUT2D eigenvalue weighted by Gasteiger charge is 2.41. The van der Waals surface area contributed by atoms with Gasteiger partial charge < -0.3 is 10.1 Å². The summed E-state index contributed by atoms with van der Waals surface area (Å²) in [5.74, 6) is 0.482. The van der Waals surface area contributed by atoms with Crippen molar-refractivity contribution in [2.45, 2.75) is 25.3 Å². The first kappa shape index (κ1) is 13.0. The minimum absolute atomic E-state index is 0.134. The number of anilines is 1. The quantitative estimate of drug-likeness (QED) is 0.494. The van der Waals surface area contributed by atoms with E-state index in [2.05, 4.69) is 58.3 Å². The Labute approximate surface area is 126 Å². The lowest BCUT2D eigenvalue weighted by molar-refractivity contribution is -0.145. The predicted octanol–water partition coefficient (Wildman–Crippen LogP) is 3.31. The Balaban J connectivity index is 1.97. The van der Waals surface area contributed by atoms with Crippen molar-refractivity contribution in [3.05, 3.63) is 39.5 Å². The maximum atomic E-state index is 12.1. The van der Waals surface area contributed by atoms with Crippen molar-refractivity contribution in [2.24, 2.45) is 5.92 Å². The highest BCUT2D eigenvalue weighted by molar-refractivity contribution is 14.1. The van der Waals surface area contributed by atoms with Crippen LogP contribution < -0.4 is 5.32 Å². The third kappa shape index (κ3) is 2.26. The number of carbonyl (C=O) groups is 1. The number of nitrogens with one attached hydrogen (secondary N) is 1. The molecular formula is C15H16INO2. The van der Waals surface area contributed by atoms with Crippen molar-refractivity contribution >= 4 is 34.2 Å². The van der Waals surface area contributed by atoms with Crippen LogP contribution in [0, 0.1) is 9.49 Å². The molecule has 0 radical (unpaired) electrons. The number of halogens is 1. The van der Waals surface area contributed by atoms with Gasteiger partial charge in [0, 0.05) is 21.1 Å². The lowest BCUT2D eigenvalue weighted by atomic mass is 9.79. The highest BCUT2D eigenvalue weighted by Crippen LogP contribution is 2.45. The normalized spacial score (nSPS) is 27.4. The van der Waals surface area contributed by atoms with Gasteiger partial charge in [0.2, 0.25) is 0 Å². The molecule has 19 heavy (non-hydrogen) atoms. The molecule has 0 amide bonds. The van der Waals surface area contributed by atoms with Crippen molar-refractivity contribution < 1.29 is 9.53 Å². The van der Waals surface area contributed by atoms with E-state index in [9.17, 15) is 4.79 Å². The summed E-state index contributed by atoms with van der Waals surface area (Å²) in [6.07, 6.45) is 5.34. The van der Waals surface area contributed by atoms with Crippen molar-refractivity contribution in [3.8, 4) is 0 Å². The van der Waals surface area contributed by atoms with E-state index in [1.165, 1.54) is 9.13 Å². The Morgan fingerprint density at radius 2 is 2.37 bits per heavy atom. The van der Waals surface area contributed by atoms with Gasteiger partial charge in [-0.25, -0.2) is 4.79 Å². The zero-order valence-electron chi connectivity index (χ0n) is 10.7. The van der Waals surface area contributed by atoms with Gasteiger partial charge in [-0.1, -0.05) is 12.2 Å². The van der Waals surface area contributed by atoms with E-state index in [4.69, 9.17) is 4.74 Å². The van der Waals surface area contributed by atoms with Gasteiger partial charge in [-0.2, -0.15) is 0 Å². The van der Waals surface area contributed by atoms with Gasteiger partial charge >= 0.3 is 5.97 Å². The summed E-state index contributed by atoms with van der Waals surface area (Å²) in [5, 5.41) is 3.36. The second kappa shape index (κ2) is 5.15. The lowest BCUT2D eigenvalue weighted by Gasteiger charge is -2.35. The van der Waals surface area contributed by atoms with Crippen LogP contribution >= 0.6 is 22.6 Å². The number of allylic oxidation sites excluding steroid dienone is 2. The second-order valence-electron chi connectivity index (χ2n) is 4.96. The van der Waals surface area contributed by atoms with Crippen molar-refractivity contribution in [1.29, 1.82) is 0 Å². The molecule has 0 unspecified atom stereocenters. The molecule has 2 aliphatic rings. The van der Waals surface area contributed by atoms with Crippen molar-refractivity contribution in [3.63, 3.8) is 0 Å². The molecule has 3 nitrogen and oxygen atoms in total. The van der Waals surface area contributed by atoms with Crippen LogP contribution in [0.4, 0.5) is 5.69 Å². The van der Waals surface area contributed by atoms with Crippen LogP contribution in [0.1, 0.15) is 24.8 Å². The van der Waals surface area contributed by atoms with Gasteiger partial charge in [0.05, 0.1) is 6.61 Å². The number of ether oxygens (including phenoxy) is 1. The fourth-order valence-electron chi connectivity index (χ4n) is 3.03. The molecule has 1 aliphatic carbocycles. The van der Waals surface area contributed by atoms with Crippen LogP contribution in [-0.2, 0) is 9.53 Å². The smallest absolute Gasteiger partial charge is 0.328 e. The van der Waals surface area contributed by atoms with Gasteiger partial charge in [-0.3, -0.25) is 0 Å². The number of fused-ring (bicyclic) bond motifs is 3. The summed E-state index contributed by atoms with van der Waals surface area (Å²) in [5.41, 5.74) is 2.36. The monoisotopic (exact) mass is 369 g/mol. The molecule has 100 valence electrons. The van der Waals surface area contributed by atoms with Crippen molar-refractivity contribution in [2.75, 3.05) is 11.9 Å². The molecule has 1 aromatic rings. The molecule has 0 spiro atoms. The van der Waals surface area contributed by atoms with Crippen LogP contribution in [0.2, 0.25) is 0 Å². The first-order chi connectivity index (χ1) is 9.20. The summed E-state index contributed by atoms with van der Waals surface area (Å²) in [6, 6.07) is 6.10. The number of esters is 1. The van der Waals surface area contributed by atoms with Gasteiger partial charge in [0.15, 0.2) is 0 Å². The average Bonchev–Trinajstić information content (AvgIpc) is 2.87. The molecule has 0 fully saturated rings. The van der Waals surface area contributed by atoms with Crippen molar-refractivity contribution in [1.82, 2.24) is 0 Å². The van der Waals surface area contributed by atoms with E-state index in [1.807, 2.05) is 6.92 Å². The van der Waals surface area contributed by atoms with Gasteiger partial charge in [0.1, 0.15) is 6.04 Å². The van der Waals surface area contributed by atoms with E-state index < -0.39 is 0 Å². The fourth-order valence-corrected chi connectivity index (χ4v) is 3.55. The Hall–Kier alpha value is -1.04. The second-order valence-corrected chi connectivity index (χ2v) is 6.20. The number of hydrogen-bond acceptors (Lipinski definition) is 3. The molecule has 1 aliphatic heterocycles. The van der Waals surface area contributed by atoms with Crippen LogP contribution in [0.5, 0.6) is 0 Å². The van der Waals surface area contributed by atoms with Gasteiger partial charge in [-0.15, -0.1) is 0 Å². The average molecular weight is 369 g/mol. The lowest BCUT2D eigenvalue weighted by Crippen LogP contribution is -2.43. The summed E-state index contributed by atoms with van der Waals surface area (Å²) >= 11 is 2.33. The molecule has 1 heterocycles. The Morgan fingerprint density at radius 3 is 3.16 bits per heavy atom. The minimum atomic E-state index is -0.229. The van der Waals surface area contributed by atoms with E-state index >= 15 is 0 Å². The number of carbonyl (C=O) groups excluding carboxylic acids is 1. The Morgan fingerprint density at radius 1 is 1.53 bits per heavy atom. The molecule has 0 saturated carbocycles. The Bertz CT molecular complexity index is 541. The third-order valence-corrected chi connectivity index (χ3v) is 4.54. The summed E-state index contributed by atoms with van der Waals surface area (Å²) in [4.78, 5) is 12.1. The Kier molecular flexibility index (Phi) is 3.52. The first-order valence-corrected chi connectivity index (χ1v) is 7.68. The molecule has 0 saturated heterocycles. The zero-order valence-corrected chi connectivity index (χ0v) is 12.9. The van der Waals surface area contributed by atoms with E-state index in [-0.39, 0.29) is 17.9 Å². The zero-order chi connectivity index (χ0) is 13.4. The fraction of sp³-hybridized carbons (Fsp3) is 0.400. The number of benzene rings is 1. The molecule has 3 atom stereocenters. The number of rotatable bonds is 2. The molecule has 0 aromatic heterocycles.